The molecule has 6 nitrogen and oxygen atoms in total. The van der Waals surface area contributed by atoms with Gasteiger partial charge in [0.05, 0.1) is 0 Å². The molecule has 0 spiro atoms. The molecular formula is C26H21O6P. The van der Waals surface area contributed by atoms with Crippen LogP contribution in [0.5, 0.6) is 11.5 Å². The third-order valence-electron chi connectivity index (χ3n) is 4.91. The number of phosphoric acid groups is 1. The van der Waals surface area contributed by atoms with E-state index in [0.29, 0.717) is 16.7 Å². The average Bonchev–Trinajstić information content (AvgIpc) is 2.85. The van der Waals surface area contributed by atoms with Gasteiger partial charge in [-0.05, 0) is 47.5 Å². The molecule has 4 aromatic carbocycles. The van der Waals surface area contributed by atoms with Crippen LogP contribution in [0.3, 0.4) is 0 Å². The highest BCUT2D eigenvalue weighted by molar-refractivity contribution is 7.48. The zero-order chi connectivity index (χ0) is 23.3. The number of hydrogen-bond acceptors (Lipinski definition) is 5. The summed E-state index contributed by atoms with van der Waals surface area (Å²) in [5.74, 6) is 0.0330. The largest absolute Gasteiger partial charge is 0.584 e. The van der Waals surface area contributed by atoms with E-state index >= 15 is 0 Å². The molecule has 0 fully saturated rings. The Morgan fingerprint density at radius 2 is 1.06 bits per heavy atom. The van der Waals surface area contributed by atoms with Crippen molar-refractivity contribution in [2.45, 2.75) is 6.10 Å². The van der Waals surface area contributed by atoms with Crippen molar-refractivity contribution in [1.82, 2.24) is 0 Å². The second-order valence-corrected chi connectivity index (χ2v) is 8.56. The lowest BCUT2D eigenvalue weighted by Crippen LogP contribution is -2.03. The van der Waals surface area contributed by atoms with Gasteiger partial charge in [-0.25, -0.2) is 4.57 Å². The fourth-order valence-corrected chi connectivity index (χ4v) is 4.06. The van der Waals surface area contributed by atoms with Crippen LogP contribution in [0.15, 0.2) is 109 Å². The molecule has 2 N–H and O–H groups in total. The Morgan fingerprint density at radius 1 is 0.636 bits per heavy atom. The second kappa shape index (κ2) is 9.84. The monoisotopic (exact) mass is 460 g/mol. The van der Waals surface area contributed by atoms with Crippen molar-refractivity contribution in [2.24, 2.45) is 0 Å². The molecule has 4 aromatic rings. The molecule has 0 aliphatic rings. The summed E-state index contributed by atoms with van der Waals surface area (Å²) in [6.45, 7) is 0. The first-order valence-electron chi connectivity index (χ1n) is 10.2. The van der Waals surface area contributed by atoms with Crippen LogP contribution in [0, 0.1) is 0 Å². The lowest BCUT2D eigenvalue weighted by atomic mass is 10.0. The third-order valence-corrected chi connectivity index (χ3v) is 5.79. The molecule has 166 valence electrons. The Bertz CT molecular complexity index is 1260. The van der Waals surface area contributed by atoms with Crippen molar-refractivity contribution in [3.63, 3.8) is 0 Å². The molecule has 0 aliphatic heterocycles. The molecule has 33 heavy (non-hydrogen) atoms. The molecule has 2 atom stereocenters. The van der Waals surface area contributed by atoms with Crippen molar-refractivity contribution in [3.05, 3.63) is 131 Å². The van der Waals surface area contributed by atoms with Gasteiger partial charge in [-0.3, -0.25) is 9.69 Å². The minimum Gasteiger partial charge on any atom is -0.395 e. The predicted molar refractivity (Wildman–Crippen MR) is 124 cm³/mol. The Morgan fingerprint density at radius 3 is 1.61 bits per heavy atom. The number of ketones is 1. The zero-order valence-corrected chi connectivity index (χ0v) is 18.3. The number of benzene rings is 4. The Balaban J connectivity index is 1.40. The minimum absolute atomic E-state index is 0.0848. The van der Waals surface area contributed by atoms with E-state index in [9.17, 15) is 19.4 Å². The molecule has 0 saturated heterocycles. The predicted octanol–water partition coefficient (Wildman–Crippen LogP) is 5.56. The summed E-state index contributed by atoms with van der Waals surface area (Å²) >= 11 is 0. The summed E-state index contributed by atoms with van der Waals surface area (Å²) in [7, 11) is -4.48. The Hall–Kier alpha value is -3.70. The summed E-state index contributed by atoms with van der Waals surface area (Å²) in [6, 6.07) is 30.0. The first-order valence-corrected chi connectivity index (χ1v) is 11.7. The van der Waals surface area contributed by atoms with Gasteiger partial charge in [0.1, 0.15) is 17.6 Å². The van der Waals surface area contributed by atoms with Gasteiger partial charge in [0.15, 0.2) is 5.78 Å². The summed E-state index contributed by atoms with van der Waals surface area (Å²) in [6.07, 6.45) is -0.824. The minimum atomic E-state index is -4.48. The molecule has 0 saturated carbocycles. The standard InChI is InChI=1S/C26H21O6P/c27-25(19-7-3-1-4-8-19)21-11-15-23(16-12-21)31-33(29,30)32-24-17-13-22(14-18-24)26(28)20-9-5-2-6-10-20/h1-18,25,27H,(H,29,30). The van der Waals surface area contributed by atoms with Crippen LogP contribution in [-0.2, 0) is 4.57 Å². The van der Waals surface area contributed by atoms with Gasteiger partial charge >= 0.3 is 7.82 Å². The Labute approximate surface area is 191 Å². The molecule has 0 amide bonds. The van der Waals surface area contributed by atoms with Crippen LogP contribution in [0.4, 0.5) is 0 Å². The first kappa shape index (κ1) is 22.5. The molecular weight excluding hydrogens is 439 g/mol. The average molecular weight is 460 g/mol. The van der Waals surface area contributed by atoms with Crippen LogP contribution >= 0.6 is 7.82 Å². The highest BCUT2D eigenvalue weighted by Crippen LogP contribution is 2.44. The second-order valence-electron chi connectivity index (χ2n) is 7.25. The highest BCUT2D eigenvalue weighted by atomic mass is 31.2. The van der Waals surface area contributed by atoms with E-state index in [2.05, 4.69) is 0 Å². The van der Waals surface area contributed by atoms with Crippen LogP contribution in [-0.4, -0.2) is 15.8 Å². The van der Waals surface area contributed by atoms with Gasteiger partial charge in [-0.2, -0.15) is 0 Å². The topological polar surface area (TPSA) is 93.1 Å². The van der Waals surface area contributed by atoms with Gasteiger partial charge in [0.25, 0.3) is 0 Å². The van der Waals surface area contributed by atoms with Gasteiger partial charge in [-0.1, -0.05) is 72.8 Å². The summed E-state index contributed by atoms with van der Waals surface area (Å²) in [5.41, 5.74) is 2.32. The van der Waals surface area contributed by atoms with Gasteiger partial charge in [0, 0.05) is 11.1 Å². The van der Waals surface area contributed by atoms with E-state index in [1.54, 1.807) is 36.4 Å². The number of aliphatic hydroxyl groups excluding tert-OH is 1. The SMILES string of the molecule is O=C(c1ccccc1)c1ccc(OP(=O)(O)Oc2ccc(C(O)c3ccccc3)cc2)cc1. The van der Waals surface area contributed by atoms with Crippen LogP contribution in [0.2, 0.25) is 0 Å². The first-order chi connectivity index (χ1) is 15.9. The molecule has 0 bridgehead atoms. The number of carbonyl (C=O) groups excluding carboxylic acids is 1. The van der Waals surface area contributed by atoms with E-state index in [4.69, 9.17) is 9.05 Å². The molecule has 4 rings (SSSR count). The van der Waals surface area contributed by atoms with Crippen molar-refractivity contribution >= 4 is 13.6 Å². The molecule has 0 aliphatic carbocycles. The normalized spacial score (nSPS) is 13.5. The van der Waals surface area contributed by atoms with Crippen molar-refractivity contribution in [2.75, 3.05) is 0 Å². The number of hydrogen-bond donors (Lipinski definition) is 2. The van der Waals surface area contributed by atoms with Crippen molar-refractivity contribution in [3.8, 4) is 11.5 Å². The third kappa shape index (κ3) is 5.76. The van der Waals surface area contributed by atoms with E-state index in [-0.39, 0.29) is 17.3 Å². The maximum absolute atomic E-state index is 12.5. The highest BCUT2D eigenvalue weighted by Gasteiger charge is 2.25. The van der Waals surface area contributed by atoms with Crippen LogP contribution in [0.1, 0.15) is 33.2 Å². The maximum atomic E-state index is 12.5. The zero-order valence-electron chi connectivity index (χ0n) is 17.4. The number of aliphatic hydroxyl groups is 1. The fourth-order valence-electron chi connectivity index (χ4n) is 3.25. The molecule has 7 heteroatoms. The molecule has 0 heterocycles. The Kier molecular flexibility index (Phi) is 6.71. The van der Waals surface area contributed by atoms with E-state index in [1.165, 1.54) is 36.4 Å². The summed E-state index contributed by atoms with van der Waals surface area (Å²) in [4.78, 5) is 22.6. The molecule has 0 aromatic heterocycles. The number of rotatable bonds is 8. The smallest absolute Gasteiger partial charge is 0.395 e. The van der Waals surface area contributed by atoms with E-state index in [1.807, 2.05) is 36.4 Å². The van der Waals surface area contributed by atoms with Crippen molar-refractivity contribution in [1.29, 1.82) is 0 Å². The quantitative estimate of drug-likeness (QED) is 0.264. The lowest BCUT2D eigenvalue weighted by molar-refractivity contribution is 0.103. The van der Waals surface area contributed by atoms with Gasteiger partial charge < -0.3 is 14.2 Å². The van der Waals surface area contributed by atoms with Gasteiger partial charge in [0.2, 0.25) is 0 Å². The fraction of sp³-hybridized carbons (Fsp3) is 0.0385. The van der Waals surface area contributed by atoms with E-state index < -0.39 is 13.9 Å². The summed E-state index contributed by atoms with van der Waals surface area (Å²) in [5, 5.41) is 10.5. The lowest BCUT2D eigenvalue weighted by Gasteiger charge is -2.15. The summed E-state index contributed by atoms with van der Waals surface area (Å²) < 4.78 is 22.7. The van der Waals surface area contributed by atoms with E-state index in [0.717, 1.165) is 5.56 Å². The van der Waals surface area contributed by atoms with Gasteiger partial charge in [-0.15, -0.1) is 0 Å². The maximum Gasteiger partial charge on any atom is 0.584 e. The number of carbonyl (C=O) groups is 1. The van der Waals surface area contributed by atoms with Crippen molar-refractivity contribution < 1.29 is 28.4 Å². The van der Waals surface area contributed by atoms with Crippen LogP contribution < -0.4 is 9.05 Å². The number of phosphoric ester groups is 1. The molecule has 2 unspecified atom stereocenters. The molecule has 0 radical (unpaired) electrons. The van der Waals surface area contributed by atoms with Crippen LogP contribution in [0.25, 0.3) is 0 Å².